The first-order valence-electron chi connectivity index (χ1n) is 7.12. The van der Waals surface area contributed by atoms with E-state index in [2.05, 4.69) is 31.0 Å². The zero-order valence-electron chi connectivity index (χ0n) is 13.3. The monoisotopic (exact) mass is 279 g/mol. The molecule has 0 radical (unpaired) electrons. The molecule has 1 N–H and O–H groups in total. The number of fused-ring (bicyclic) bond motifs is 1. The molecule has 1 aromatic rings. The molecular weight excluding hydrogens is 254 g/mol. The number of carbonyl (C=O) groups is 1. The molecule has 0 saturated heterocycles. The minimum atomic E-state index is -0.458. The zero-order chi connectivity index (χ0) is 15.1. The van der Waals surface area contributed by atoms with Crippen molar-refractivity contribution in [3.8, 4) is 0 Å². The van der Waals surface area contributed by atoms with Crippen molar-refractivity contribution in [3.05, 3.63) is 17.0 Å². The van der Waals surface area contributed by atoms with E-state index < -0.39 is 5.60 Å². The van der Waals surface area contributed by atoms with Crippen molar-refractivity contribution in [2.24, 2.45) is 0 Å². The van der Waals surface area contributed by atoms with Crippen LogP contribution in [0.15, 0.2) is 0 Å². The predicted octanol–water partition coefficient (Wildman–Crippen LogP) is 3.00. The van der Waals surface area contributed by atoms with Crippen LogP contribution in [0.3, 0.4) is 0 Å². The standard InChI is InChI=1S/C15H25N3O2/c1-14(2,3)12-10-9-18(8-7-11(10)16-17-12)13(19)20-15(4,5)6/h7-9H2,1-6H3,(H,16,17). The van der Waals surface area contributed by atoms with E-state index in [1.165, 1.54) is 0 Å². The quantitative estimate of drug-likeness (QED) is 0.794. The molecule has 0 spiro atoms. The molecule has 1 aliphatic rings. The van der Waals surface area contributed by atoms with Crippen LogP contribution in [0.1, 0.15) is 58.5 Å². The molecule has 0 aliphatic carbocycles. The number of amides is 1. The number of hydrogen-bond donors (Lipinski definition) is 1. The van der Waals surface area contributed by atoms with Gasteiger partial charge in [-0.2, -0.15) is 5.10 Å². The van der Waals surface area contributed by atoms with Crippen molar-refractivity contribution in [1.82, 2.24) is 15.1 Å². The Labute approximate surface area is 120 Å². The van der Waals surface area contributed by atoms with Gasteiger partial charge in [0.2, 0.25) is 0 Å². The second-order valence-electron chi connectivity index (χ2n) is 7.43. The van der Waals surface area contributed by atoms with Gasteiger partial charge in [-0.1, -0.05) is 20.8 Å². The first-order chi connectivity index (χ1) is 9.08. The Kier molecular flexibility index (Phi) is 3.56. The summed E-state index contributed by atoms with van der Waals surface area (Å²) in [4.78, 5) is 13.9. The lowest BCUT2D eigenvalue weighted by molar-refractivity contribution is 0.0222. The third-order valence-corrected chi connectivity index (χ3v) is 3.30. The molecule has 0 bridgehead atoms. The summed E-state index contributed by atoms with van der Waals surface area (Å²) < 4.78 is 5.45. The van der Waals surface area contributed by atoms with E-state index in [1.807, 2.05) is 20.8 Å². The summed E-state index contributed by atoms with van der Waals surface area (Å²) in [6.45, 7) is 13.3. The van der Waals surface area contributed by atoms with Gasteiger partial charge in [0.05, 0.1) is 12.2 Å². The third kappa shape index (κ3) is 3.14. The molecule has 2 rings (SSSR count). The van der Waals surface area contributed by atoms with Crippen LogP contribution < -0.4 is 0 Å². The van der Waals surface area contributed by atoms with Gasteiger partial charge in [-0.3, -0.25) is 5.10 Å². The fraction of sp³-hybridized carbons (Fsp3) is 0.733. The molecule has 112 valence electrons. The lowest BCUT2D eigenvalue weighted by atomic mass is 9.87. The zero-order valence-corrected chi connectivity index (χ0v) is 13.3. The minimum Gasteiger partial charge on any atom is -0.444 e. The first kappa shape index (κ1) is 14.9. The second-order valence-corrected chi connectivity index (χ2v) is 7.43. The number of nitrogens with one attached hydrogen (secondary N) is 1. The van der Waals surface area contributed by atoms with Gasteiger partial charge < -0.3 is 9.64 Å². The molecular formula is C15H25N3O2. The van der Waals surface area contributed by atoms with Crippen molar-refractivity contribution in [1.29, 1.82) is 0 Å². The van der Waals surface area contributed by atoms with Crippen molar-refractivity contribution < 1.29 is 9.53 Å². The van der Waals surface area contributed by atoms with Crippen molar-refractivity contribution in [3.63, 3.8) is 0 Å². The molecule has 0 atom stereocenters. The molecule has 20 heavy (non-hydrogen) atoms. The molecule has 2 heterocycles. The molecule has 1 amide bonds. The lowest BCUT2D eigenvalue weighted by Gasteiger charge is -2.31. The smallest absolute Gasteiger partial charge is 0.410 e. The largest absolute Gasteiger partial charge is 0.444 e. The Hall–Kier alpha value is -1.52. The molecule has 0 aromatic carbocycles. The van der Waals surface area contributed by atoms with Crippen LogP contribution >= 0.6 is 0 Å². The highest BCUT2D eigenvalue weighted by Gasteiger charge is 2.31. The van der Waals surface area contributed by atoms with Crippen LogP contribution in [-0.4, -0.2) is 33.3 Å². The number of aromatic amines is 1. The number of aromatic nitrogens is 2. The Balaban J connectivity index is 2.18. The molecule has 0 fully saturated rings. The highest BCUT2D eigenvalue weighted by Crippen LogP contribution is 2.29. The van der Waals surface area contributed by atoms with Crippen LogP contribution in [0.4, 0.5) is 4.79 Å². The van der Waals surface area contributed by atoms with E-state index in [4.69, 9.17) is 4.74 Å². The summed E-state index contributed by atoms with van der Waals surface area (Å²) >= 11 is 0. The third-order valence-electron chi connectivity index (χ3n) is 3.30. The van der Waals surface area contributed by atoms with Gasteiger partial charge >= 0.3 is 6.09 Å². The minimum absolute atomic E-state index is 0.0268. The molecule has 0 saturated carbocycles. The number of nitrogens with zero attached hydrogens (tertiary/aromatic N) is 2. The van der Waals surface area contributed by atoms with Gasteiger partial charge in [-0.25, -0.2) is 4.79 Å². The molecule has 1 aromatic heterocycles. The topological polar surface area (TPSA) is 58.2 Å². The van der Waals surface area contributed by atoms with Gasteiger partial charge in [0.25, 0.3) is 0 Å². The number of carbonyl (C=O) groups excluding carboxylic acids is 1. The lowest BCUT2D eigenvalue weighted by Crippen LogP contribution is -2.40. The SMILES string of the molecule is CC(C)(C)OC(=O)N1CCc2[nH]nc(C(C)(C)C)c2C1. The molecule has 5 heteroatoms. The van der Waals surface area contributed by atoms with Crippen LogP contribution in [0.2, 0.25) is 0 Å². The fourth-order valence-corrected chi connectivity index (χ4v) is 2.40. The number of hydrogen-bond acceptors (Lipinski definition) is 3. The Morgan fingerprint density at radius 1 is 1.25 bits per heavy atom. The Morgan fingerprint density at radius 2 is 1.90 bits per heavy atom. The van der Waals surface area contributed by atoms with Gasteiger partial charge in [0, 0.05) is 29.6 Å². The summed E-state index contributed by atoms with van der Waals surface area (Å²) in [6, 6.07) is 0. The van der Waals surface area contributed by atoms with Crippen LogP contribution in [0.25, 0.3) is 0 Å². The first-order valence-corrected chi connectivity index (χ1v) is 7.12. The average Bonchev–Trinajstić information content (AvgIpc) is 2.68. The predicted molar refractivity (Wildman–Crippen MR) is 77.6 cm³/mol. The van der Waals surface area contributed by atoms with Gasteiger partial charge in [0.15, 0.2) is 0 Å². The van der Waals surface area contributed by atoms with Crippen LogP contribution in [0, 0.1) is 0 Å². The van der Waals surface area contributed by atoms with Crippen molar-refractivity contribution in [2.75, 3.05) is 6.54 Å². The summed E-state index contributed by atoms with van der Waals surface area (Å²) in [7, 11) is 0. The van der Waals surface area contributed by atoms with Gasteiger partial charge in [-0.05, 0) is 20.8 Å². The van der Waals surface area contributed by atoms with Gasteiger partial charge in [-0.15, -0.1) is 0 Å². The van der Waals surface area contributed by atoms with Crippen LogP contribution in [0.5, 0.6) is 0 Å². The average molecular weight is 279 g/mol. The molecule has 1 aliphatic heterocycles. The summed E-state index contributed by atoms with van der Waals surface area (Å²) in [5, 5.41) is 7.55. The molecule has 5 nitrogen and oxygen atoms in total. The summed E-state index contributed by atoms with van der Waals surface area (Å²) in [5.74, 6) is 0. The fourth-order valence-electron chi connectivity index (χ4n) is 2.40. The van der Waals surface area contributed by atoms with E-state index in [0.717, 1.165) is 23.4 Å². The van der Waals surface area contributed by atoms with E-state index in [9.17, 15) is 4.79 Å². The maximum absolute atomic E-state index is 12.2. The highest BCUT2D eigenvalue weighted by atomic mass is 16.6. The van der Waals surface area contributed by atoms with Crippen molar-refractivity contribution >= 4 is 6.09 Å². The van der Waals surface area contributed by atoms with E-state index in [0.29, 0.717) is 13.1 Å². The maximum Gasteiger partial charge on any atom is 0.410 e. The van der Waals surface area contributed by atoms with Crippen LogP contribution in [-0.2, 0) is 23.1 Å². The summed E-state index contributed by atoms with van der Waals surface area (Å²) in [6.07, 6.45) is 0.557. The van der Waals surface area contributed by atoms with Gasteiger partial charge in [0.1, 0.15) is 5.60 Å². The number of rotatable bonds is 0. The number of H-pyrrole nitrogens is 1. The maximum atomic E-state index is 12.2. The Morgan fingerprint density at radius 3 is 2.45 bits per heavy atom. The highest BCUT2D eigenvalue weighted by molar-refractivity contribution is 5.68. The normalized spacial score (nSPS) is 16.0. The molecule has 0 unspecified atom stereocenters. The second kappa shape index (κ2) is 4.79. The Bertz CT molecular complexity index is 506. The van der Waals surface area contributed by atoms with E-state index in [1.54, 1.807) is 4.90 Å². The van der Waals surface area contributed by atoms with E-state index >= 15 is 0 Å². The summed E-state index contributed by atoms with van der Waals surface area (Å²) in [5.41, 5.74) is 2.85. The van der Waals surface area contributed by atoms with E-state index in [-0.39, 0.29) is 11.5 Å². The number of ether oxygens (including phenoxy) is 1. The van der Waals surface area contributed by atoms with Crippen molar-refractivity contribution in [2.45, 2.75) is 65.5 Å².